The van der Waals surface area contributed by atoms with Crippen LogP contribution in [0.25, 0.3) is 22.5 Å². The first-order chi connectivity index (χ1) is 14.7. The van der Waals surface area contributed by atoms with Crippen molar-refractivity contribution in [2.24, 2.45) is 5.73 Å². The second-order valence-electron chi connectivity index (χ2n) is 7.01. The van der Waals surface area contributed by atoms with Gasteiger partial charge < -0.3 is 10.3 Å². The molecule has 0 atom stereocenters. The summed E-state index contributed by atoms with van der Waals surface area (Å²) in [6.07, 6.45) is 6.27. The van der Waals surface area contributed by atoms with Crippen molar-refractivity contribution >= 4 is 0 Å². The fourth-order valence-electron chi connectivity index (χ4n) is 3.36. The molecule has 0 aliphatic rings. The van der Waals surface area contributed by atoms with Crippen molar-refractivity contribution in [3.8, 4) is 28.6 Å². The van der Waals surface area contributed by atoms with Gasteiger partial charge in [-0.25, -0.2) is 9.37 Å². The minimum atomic E-state index is -0.277. The Kier molecular flexibility index (Phi) is 5.64. The van der Waals surface area contributed by atoms with E-state index in [9.17, 15) is 9.65 Å². The highest BCUT2D eigenvalue weighted by Crippen LogP contribution is 2.25. The maximum Gasteiger partial charge on any atom is 0.123 e. The van der Waals surface area contributed by atoms with Crippen molar-refractivity contribution in [2.45, 2.75) is 13.0 Å². The number of halogens is 1. The Morgan fingerprint density at radius 1 is 1.00 bits per heavy atom. The number of pyridine rings is 1. The van der Waals surface area contributed by atoms with Gasteiger partial charge in [0.2, 0.25) is 0 Å². The molecule has 0 unspecified atom stereocenters. The monoisotopic (exact) mass is 397 g/mol. The Bertz CT molecular complexity index is 1190. The van der Waals surface area contributed by atoms with Gasteiger partial charge in [0, 0.05) is 30.1 Å². The van der Waals surface area contributed by atoms with E-state index >= 15 is 0 Å². The summed E-state index contributed by atoms with van der Waals surface area (Å²) in [5.41, 5.74) is 11.7. The molecule has 5 nitrogen and oxygen atoms in total. The summed E-state index contributed by atoms with van der Waals surface area (Å²) < 4.78 is 15.1. The average Bonchev–Trinajstić information content (AvgIpc) is 3.23. The first-order valence-corrected chi connectivity index (χ1v) is 9.62. The van der Waals surface area contributed by atoms with E-state index in [0.717, 1.165) is 40.1 Å². The van der Waals surface area contributed by atoms with Crippen LogP contribution in [0.1, 0.15) is 16.7 Å². The molecule has 0 radical (unpaired) electrons. The molecule has 0 amide bonds. The third-order valence-corrected chi connectivity index (χ3v) is 4.89. The molecule has 0 spiro atoms. The van der Waals surface area contributed by atoms with Gasteiger partial charge in [0.15, 0.2) is 0 Å². The van der Waals surface area contributed by atoms with Gasteiger partial charge in [0.1, 0.15) is 5.82 Å². The summed E-state index contributed by atoms with van der Waals surface area (Å²) in [6, 6.07) is 18.1. The largest absolute Gasteiger partial charge is 0.332 e. The summed E-state index contributed by atoms with van der Waals surface area (Å²) in [4.78, 5) is 9.02. The molecule has 0 saturated carbocycles. The van der Waals surface area contributed by atoms with Crippen LogP contribution in [0.15, 0.2) is 73.3 Å². The number of hydrogen-bond donors (Lipinski definition) is 1. The molecule has 0 aliphatic carbocycles. The third-order valence-electron chi connectivity index (χ3n) is 4.89. The lowest BCUT2D eigenvalue weighted by Gasteiger charge is -2.11. The molecular weight excluding hydrogens is 377 g/mol. The summed E-state index contributed by atoms with van der Waals surface area (Å²) >= 11 is 0. The minimum Gasteiger partial charge on any atom is -0.332 e. The maximum atomic E-state index is 13.2. The van der Waals surface area contributed by atoms with Gasteiger partial charge in [-0.1, -0.05) is 12.1 Å². The van der Waals surface area contributed by atoms with Crippen LogP contribution in [0.3, 0.4) is 0 Å². The Morgan fingerprint density at radius 2 is 1.83 bits per heavy atom. The Morgan fingerprint density at radius 3 is 2.53 bits per heavy atom. The molecule has 4 aromatic rings. The van der Waals surface area contributed by atoms with Crippen LogP contribution < -0.4 is 5.73 Å². The summed E-state index contributed by atoms with van der Waals surface area (Å²) in [5, 5.41) is 9.33. The van der Waals surface area contributed by atoms with E-state index < -0.39 is 0 Å². The van der Waals surface area contributed by atoms with E-state index in [0.29, 0.717) is 18.7 Å². The van der Waals surface area contributed by atoms with Gasteiger partial charge in [0.05, 0.1) is 29.3 Å². The van der Waals surface area contributed by atoms with Gasteiger partial charge >= 0.3 is 0 Å². The maximum absolute atomic E-state index is 13.2. The number of nitrogens with zero attached hydrogens (tertiary/aromatic N) is 4. The molecule has 2 heterocycles. The van der Waals surface area contributed by atoms with Crippen LogP contribution in [0.2, 0.25) is 0 Å². The highest BCUT2D eigenvalue weighted by molar-refractivity contribution is 5.65. The van der Waals surface area contributed by atoms with Crippen LogP contribution >= 0.6 is 0 Å². The predicted molar refractivity (Wildman–Crippen MR) is 114 cm³/mol. The van der Waals surface area contributed by atoms with Crippen LogP contribution in [0.4, 0.5) is 4.39 Å². The highest BCUT2D eigenvalue weighted by atomic mass is 19.1. The van der Waals surface area contributed by atoms with E-state index in [1.807, 2.05) is 41.2 Å². The standard InChI is InChI=1S/C24H20FN5/c25-21-5-3-19(4-6-21)24-15-30(16-29-24)14-20-11-18(12-27)1-7-22(20)23-8-2-17(9-10-26)13-28-23/h1-8,11,13,15-16H,9-10,14,26H2. The van der Waals surface area contributed by atoms with E-state index in [-0.39, 0.29) is 5.82 Å². The fraction of sp³-hybridized carbons (Fsp3) is 0.125. The van der Waals surface area contributed by atoms with Crippen molar-refractivity contribution in [1.29, 1.82) is 5.26 Å². The smallest absolute Gasteiger partial charge is 0.123 e. The van der Waals surface area contributed by atoms with Crippen LogP contribution in [-0.2, 0) is 13.0 Å². The Hall–Kier alpha value is -3.82. The number of rotatable bonds is 6. The molecule has 0 saturated heterocycles. The Balaban J connectivity index is 1.65. The van der Waals surface area contributed by atoms with Gasteiger partial charge in [-0.05, 0) is 66.6 Å². The SMILES string of the molecule is N#Cc1ccc(-c2ccc(CCN)cn2)c(Cn2cnc(-c3ccc(F)cc3)c2)c1. The van der Waals surface area contributed by atoms with Crippen LogP contribution in [-0.4, -0.2) is 21.1 Å². The minimum absolute atomic E-state index is 0.277. The second kappa shape index (κ2) is 8.68. The average molecular weight is 397 g/mol. The predicted octanol–water partition coefficient (Wildman–Crippen LogP) is 4.17. The lowest BCUT2D eigenvalue weighted by molar-refractivity contribution is 0.628. The van der Waals surface area contributed by atoms with E-state index in [2.05, 4.69) is 16.0 Å². The first-order valence-electron chi connectivity index (χ1n) is 9.62. The number of nitriles is 1. The molecule has 2 aromatic heterocycles. The van der Waals surface area contributed by atoms with Crippen LogP contribution in [0.5, 0.6) is 0 Å². The molecule has 2 aromatic carbocycles. The quantitative estimate of drug-likeness (QED) is 0.529. The Labute approximate surface area is 174 Å². The zero-order valence-electron chi connectivity index (χ0n) is 16.3. The number of imidazole rings is 1. The molecule has 4 rings (SSSR count). The summed E-state index contributed by atoms with van der Waals surface area (Å²) in [7, 11) is 0. The van der Waals surface area contributed by atoms with Crippen LogP contribution in [0, 0.1) is 17.1 Å². The topological polar surface area (TPSA) is 80.5 Å². The summed E-state index contributed by atoms with van der Waals surface area (Å²) in [6.45, 7) is 1.12. The molecule has 0 aliphatic heterocycles. The number of aromatic nitrogens is 3. The molecule has 30 heavy (non-hydrogen) atoms. The summed E-state index contributed by atoms with van der Waals surface area (Å²) in [5.74, 6) is -0.277. The third kappa shape index (κ3) is 4.27. The molecular formula is C24H20FN5. The zero-order chi connectivity index (χ0) is 20.9. The van der Waals surface area contributed by atoms with Gasteiger partial charge in [0.25, 0.3) is 0 Å². The second-order valence-corrected chi connectivity index (χ2v) is 7.01. The van der Waals surface area contributed by atoms with E-state index in [4.69, 9.17) is 5.73 Å². The number of benzene rings is 2. The fourth-order valence-corrected chi connectivity index (χ4v) is 3.36. The van der Waals surface area contributed by atoms with E-state index in [1.54, 1.807) is 24.5 Å². The molecule has 0 fully saturated rings. The van der Waals surface area contributed by atoms with Crippen molar-refractivity contribution < 1.29 is 4.39 Å². The van der Waals surface area contributed by atoms with Gasteiger partial charge in [-0.2, -0.15) is 5.26 Å². The van der Waals surface area contributed by atoms with Crippen molar-refractivity contribution in [2.75, 3.05) is 6.54 Å². The first kappa shape index (κ1) is 19.5. The normalized spacial score (nSPS) is 10.7. The van der Waals surface area contributed by atoms with Gasteiger partial charge in [-0.15, -0.1) is 0 Å². The molecule has 148 valence electrons. The number of nitrogens with two attached hydrogens (primary N) is 1. The molecule has 6 heteroatoms. The lowest BCUT2D eigenvalue weighted by atomic mass is 10.0. The highest BCUT2D eigenvalue weighted by Gasteiger charge is 2.10. The van der Waals surface area contributed by atoms with Gasteiger partial charge in [-0.3, -0.25) is 4.98 Å². The van der Waals surface area contributed by atoms with Crippen molar-refractivity contribution in [1.82, 2.24) is 14.5 Å². The number of hydrogen-bond acceptors (Lipinski definition) is 4. The van der Waals surface area contributed by atoms with E-state index in [1.165, 1.54) is 12.1 Å². The van der Waals surface area contributed by atoms with Crippen molar-refractivity contribution in [3.63, 3.8) is 0 Å². The zero-order valence-corrected chi connectivity index (χ0v) is 16.3. The molecule has 0 bridgehead atoms. The van der Waals surface area contributed by atoms with Crippen molar-refractivity contribution in [3.05, 3.63) is 95.8 Å². The molecule has 2 N–H and O–H groups in total. The lowest BCUT2D eigenvalue weighted by Crippen LogP contribution is -2.03.